The fraction of sp³-hybridized carbons (Fsp3) is 0.300. The molecule has 3 rings (SSSR count). The van der Waals surface area contributed by atoms with Crippen LogP contribution in [0, 0.1) is 0 Å². The van der Waals surface area contributed by atoms with Crippen molar-refractivity contribution in [1.82, 2.24) is 15.1 Å². The van der Waals surface area contributed by atoms with Crippen LogP contribution in [0.1, 0.15) is 22.0 Å². The Labute approximate surface area is 153 Å². The molecule has 0 aliphatic carbocycles. The second kappa shape index (κ2) is 8.01. The number of amides is 3. The SMILES string of the molecule is CN(C)C(=O)c1cccc(NC(=O)N2CCNC(c3ccccc3)C2)c1. The molecule has 0 bridgehead atoms. The van der Waals surface area contributed by atoms with E-state index < -0.39 is 0 Å². The van der Waals surface area contributed by atoms with Crippen molar-refractivity contribution in [3.8, 4) is 0 Å². The van der Waals surface area contributed by atoms with Gasteiger partial charge in [0.15, 0.2) is 0 Å². The highest BCUT2D eigenvalue weighted by Crippen LogP contribution is 2.18. The van der Waals surface area contributed by atoms with E-state index in [1.54, 1.807) is 43.3 Å². The van der Waals surface area contributed by atoms with Crippen LogP contribution in [-0.4, -0.2) is 55.5 Å². The predicted molar refractivity (Wildman–Crippen MR) is 102 cm³/mol. The number of hydrogen-bond acceptors (Lipinski definition) is 3. The average molecular weight is 352 g/mol. The minimum atomic E-state index is -0.151. The lowest BCUT2D eigenvalue weighted by Crippen LogP contribution is -2.49. The van der Waals surface area contributed by atoms with Crippen LogP contribution < -0.4 is 10.6 Å². The van der Waals surface area contributed by atoms with Crippen LogP contribution in [0.4, 0.5) is 10.5 Å². The van der Waals surface area contributed by atoms with Crippen molar-refractivity contribution in [2.75, 3.05) is 39.0 Å². The molecule has 0 spiro atoms. The van der Waals surface area contributed by atoms with Gasteiger partial charge < -0.3 is 20.4 Å². The van der Waals surface area contributed by atoms with E-state index >= 15 is 0 Å². The van der Waals surface area contributed by atoms with Gasteiger partial charge in [-0.05, 0) is 23.8 Å². The van der Waals surface area contributed by atoms with Gasteiger partial charge in [-0.3, -0.25) is 4.79 Å². The molecule has 1 saturated heterocycles. The maximum atomic E-state index is 12.7. The van der Waals surface area contributed by atoms with E-state index in [0.29, 0.717) is 24.3 Å². The van der Waals surface area contributed by atoms with Gasteiger partial charge >= 0.3 is 6.03 Å². The van der Waals surface area contributed by atoms with Crippen LogP contribution in [0.2, 0.25) is 0 Å². The summed E-state index contributed by atoms with van der Waals surface area (Å²) in [7, 11) is 3.41. The van der Waals surface area contributed by atoms with Crippen LogP contribution in [0.3, 0.4) is 0 Å². The normalized spacial score (nSPS) is 16.8. The molecule has 6 nitrogen and oxygen atoms in total. The van der Waals surface area contributed by atoms with Gasteiger partial charge in [-0.1, -0.05) is 36.4 Å². The summed E-state index contributed by atoms with van der Waals surface area (Å²) in [6, 6.07) is 17.1. The first-order valence-electron chi connectivity index (χ1n) is 8.70. The summed E-state index contributed by atoms with van der Waals surface area (Å²) in [5.74, 6) is -0.0904. The molecule has 136 valence electrons. The molecule has 3 amide bonds. The van der Waals surface area contributed by atoms with E-state index in [0.717, 1.165) is 6.54 Å². The Bertz CT molecular complexity index is 776. The van der Waals surface area contributed by atoms with Gasteiger partial charge in [0.2, 0.25) is 0 Å². The fourth-order valence-electron chi connectivity index (χ4n) is 3.03. The number of carbonyl (C=O) groups is 2. The number of urea groups is 1. The smallest absolute Gasteiger partial charge is 0.321 e. The molecule has 26 heavy (non-hydrogen) atoms. The summed E-state index contributed by atoms with van der Waals surface area (Å²) >= 11 is 0. The fourth-order valence-corrected chi connectivity index (χ4v) is 3.03. The molecule has 6 heteroatoms. The van der Waals surface area contributed by atoms with E-state index in [4.69, 9.17) is 0 Å². The topological polar surface area (TPSA) is 64.7 Å². The Hall–Kier alpha value is -2.86. The van der Waals surface area contributed by atoms with Gasteiger partial charge in [0.25, 0.3) is 5.91 Å². The molecule has 1 fully saturated rings. The molecule has 0 radical (unpaired) electrons. The van der Waals surface area contributed by atoms with Crippen LogP contribution in [-0.2, 0) is 0 Å². The summed E-state index contributed by atoms with van der Waals surface area (Å²) in [6.45, 7) is 1.99. The molecule has 1 atom stereocenters. The van der Waals surface area contributed by atoms with Gasteiger partial charge in [-0.2, -0.15) is 0 Å². The van der Waals surface area contributed by atoms with Gasteiger partial charge in [-0.25, -0.2) is 4.79 Å². The number of carbonyl (C=O) groups excluding carboxylic acids is 2. The van der Waals surface area contributed by atoms with Crippen molar-refractivity contribution in [3.05, 3.63) is 65.7 Å². The first kappa shape index (κ1) is 17.9. The zero-order valence-corrected chi connectivity index (χ0v) is 15.1. The van der Waals surface area contributed by atoms with E-state index in [-0.39, 0.29) is 18.0 Å². The molecule has 2 aromatic rings. The third-order valence-corrected chi connectivity index (χ3v) is 4.43. The molecule has 1 heterocycles. The van der Waals surface area contributed by atoms with Crippen LogP contribution in [0.5, 0.6) is 0 Å². The third kappa shape index (κ3) is 4.21. The second-order valence-corrected chi connectivity index (χ2v) is 6.57. The third-order valence-electron chi connectivity index (χ3n) is 4.43. The largest absolute Gasteiger partial charge is 0.345 e. The maximum Gasteiger partial charge on any atom is 0.321 e. The minimum absolute atomic E-state index is 0.0904. The van der Waals surface area contributed by atoms with E-state index in [1.807, 2.05) is 18.2 Å². The Morgan fingerprint density at radius 1 is 1.12 bits per heavy atom. The molecule has 0 saturated carbocycles. The van der Waals surface area contributed by atoms with E-state index in [9.17, 15) is 9.59 Å². The Morgan fingerprint density at radius 2 is 1.88 bits per heavy atom. The lowest BCUT2D eigenvalue weighted by Gasteiger charge is -2.34. The monoisotopic (exact) mass is 352 g/mol. The zero-order valence-electron chi connectivity index (χ0n) is 15.1. The predicted octanol–water partition coefficient (Wildman–Crippen LogP) is 2.57. The lowest BCUT2D eigenvalue weighted by atomic mass is 10.0. The highest BCUT2D eigenvalue weighted by Gasteiger charge is 2.24. The van der Waals surface area contributed by atoms with Gasteiger partial charge in [0.05, 0.1) is 6.04 Å². The molecule has 1 aliphatic heterocycles. The molecule has 1 unspecified atom stereocenters. The average Bonchev–Trinajstić information content (AvgIpc) is 2.68. The number of hydrogen-bond donors (Lipinski definition) is 2. The van der Waals surface area contributed by atoms with Crippen molar-refractivity contribution in [2.45, 2.75) is 6.04 Å². The molecular formula is C20H24N4O2. The van der Waals surface area contributed by atoms with Gasteiger partial charge in [0, 0.05) is 45.0 Å². The highest BCUT2D eigenvalue weighted by molar-refractivity contribution is 5.96. The highest BCUT2D eigenvalue weighted by atomic mass is 16.2. The van der Waals surface area contributed by atoms with Crippen LogP contribution >= 0.6 is 0 Å². The summed E-state index contributed by atoms with van der Waals surface area (Å²) < 4.78 is 0. The number of benzene rings is 2. The number of rotatable bonds is 3. The zero-order chi connectivity index (χ0) is 18.5. The van der Waals surface area contributed by atoms with Crippen molar-refractivity contribution < 1.29 is 9.59 Å². The quantitative estimate of drug-likeness (QED) is 0.892. The number of anilines is 1. The standard InChI is InChI=1S/C20H24N4O2/c1-23(2)19(25)16-9-6-10-17(13-16)22-20(26)24-12-11-21-18(14-24)15-7-4-3-5-8-15/h3-10,13,18,21H,11-12,14H2,1-2H3,(H,22,26). The molecular weight excluding hydrogens is 328 g/mol. The first-order chi connectivity index (χ1) is 12.5. The Balaban J connectivity index is 1.66. The minimum Gasteiger partial charge on any atom is -0.345 e. The number of nitrogens with one attached hydrogen (secondary N) is 2. The number of nitrogens with zero attached hydrogens (tertiary/aromatic N) is 2. The summed E-state index contributed by atoms with van der Waals surface area (Å²) in [5, 5.41) is 6.36. The van der Waals surface area contributed by atoms with Crippen molar-refractivity contribution in [1.29, 1.82) is 0 Å². The van der Waals surface area contributed by atoms with E-state index in [2.05, 4.69) is 22.8 Å². The maximum absolute atomic E-state index is 12.7. The molecule has 2 aromatic carbocycles. The Kier molecular flexibility index (Phi) is 5.53. The van der Waals surface area contributed by atoms with E-state index in [1.165, 1.54) is 10.5 Å². The van der Waals surface area contributed by atoms with Crippen LogP contribution in [0.15, 0.2) is 54.6 Å². The first-order valence-corrected chi connectivity index (χ1v) is 8.70. The van der Waals surface area contributed by atoms with Gasteiger partial charge in [-0.15, -0.1) is 0 Å². The lowest BCUT2D eigenvalue weighted by molar-refractivity contribution is 0.0827. The second-order valence-electron chi connectivity index (χ2n) is 6.57. The van der Waals surface area contributed by atoms with Crippen LogP contribution in [0.25, 0.3) is 0 Å². The van der Waals surface area contributed by atoms with Crippen molar-refractivity contribution >= 4 is 17.6 Å². The van der Waals surface area contributed by atoms with Crippen molar-refractivity contribution in [3.63, 3.8) is 0 Å². The Morgan fingerprint density at radius 3 is 2.62 bits per heavy atom. The van der Waals surface area contributed by atoms with Crippen molar-refractivity contribution in [2.24, 2.45) is 0 Å². The number of piperazine rings is 1. The van der Waals surface area contributed by atoms with Gasteiger partial charge in [0.1, 0.15) is 0 Å². The summed E-state index contributed by atoms with van der Waals surface area (Å²) in [5.41, 5.74) is 2.34. The molecule has 1 aliphatic rings. The molecule has 0 aromatic heterocycles. The summed E-state index contributed by atoms with van der Waals surface area (Å²) in [4.78, 5) is 28.0. The molecule has 2 N–H and O–H groups in total. The summed E-state index contributed by atoms with van der Waals surface area (Å²) in [6.07, 6.45) is 0.